The summed E-state index contributed by atoms with van der Waals surface area (Å²) in [5.74, 6) is 1.04. The smallest absolute Gasteiger partial charge is 0.290 e. The maximum atomic E-state index is 13.9. The number of anilines is 2. The Morgan fingerprint density at radius 2 is 1.82 bits per heavy atom. The van der Waals surface area contributed by atoms with Gasteiger partial charge in [-0.2, -0.15) is 14.6 Å². The molecule has 230 valence electrons. The number of fused-ring (bicyclic) bond motifs is 1. The van der Waals surface area contributed by atoms with Gasteiger partial charge in [0.2, 0.25) is 16.0 Å². The van der Waals surface area contributed by atoms with Gasteiger partial charge in [-0.05, 0) is 100 Å². The molecule has 0 radical (unpaired) electrons. The zero-order chi connectivity index (χ0) is 30.9. The van der Waals surface area contributed by atoms with Crippen LogP contribution in [0.1, 0.15) is 31.2 Å². The summed E-state index contributed by atoms with van der Waals surface area (Å²) in [6, 6.07) is 18.4. The maximum Gasteiger partial charge on any atom is 0.290 e. The van der Waals surface area contributed by atoms with E-state index in [1.165, 1.54) is 12.8 Å². The van der Waals surface area contributed by atoms with Gasteiger partial charge in [0, 0.05) is 42.6 Å². The topological polar surface area (TPSA) is 156 Å². The molecule has 2 aliphatic heterocycles. The molecule has 4 aromatic rings. The molecule has 0 saturated carbocycles. The van der Waals surface area contributed by atoms with E-state index in [2.05, 4.69) is 31.6 Å². The normalized spacial score (nSPS) is 15.9. The quantitative estimate of drug-likeness (QED) is 0.238. The lowest BCUT2D eigenvalue weighted by molar-refractivity contribution is -0.122. The molecule has 0 atom stereocenters. The lowest BCUT2D eigenvalue weighted by Gasteiger charge is -2.34. The van der Waals surface area contributed by atoms with Gasteiger partial charge in [-0.1, -0.05) is 6.07 Å². The van der Waals surface area contributed by atoms with Crippen LogP contribution in [0.4, 0.5) is 11.6 Å². The van der Waals surface area contributed by atoms with Crippen molar-refractivity contribution in [3.8, 4) is 11.9 Å². The molecule has 4 heterocycles. The standard InChI is InChI=1S/C30H34N8O2S.CH2O2/c31-22-23-3-4-24-12-18-37(28(24)21-23)29-11-15-33-30(35-29)34-25-5-7-27(8-6-25)41(39,40)38(26-9-13-32-14-10-26)20-19-36-16-1-2-17-36;2-1-3/h3-8,11-12,15,18,21,26,32H,1-2,9-10,13-14,16-17,19-20H2,(H,33,34,35);1H,(H,2,3). The summed E-state index contributed by atoms with van der Waals surface area (Å²) in [6.45, 7) is 4.79. The Balaban J connectivity index is 0.00000123. The summed E-state index contributed by atoms with van der Waals surface area (Å²) in [4.78, 5) is 20.0. The van der Waals surface area contributed by atoms with Crippen LogP contribution in [0.2, 0.25) is 0 Å². The van der Waals surface area contributed by atoms with E-state index in [0.717, 1.165) is 56.5 Å². The van der Waals surface area contributed by atoms with Crippen molar-refractivity contribution in [3.05, 3.63) is 72.6 Å². The molecule has 12 nitrogen and oxygen atoms in total. The fourth-order valence-electron chi connectivity index (χ4n) is 5.76. The van der Waals surface area contributed by atoms with Gasteiger partial charge in [0.05, 0.1) is 22.0 Å². The van der Waals surface area contributed by atoms with Gasteiger partial charge in [-0.3, -0.25) is 4.79 Å². The number of aromatic nitrogens is 3. The highest BCUT2D eigenvalue weighted by Gasteiger charge is 2.32. The molecule has 3 N–H and O–H groups in total. The molecule has 0 spiro atoms. The number of carboxylic acid groups (broad SMARTS) is 1. The molecule has 2 aromatic carbocycles. The first kappa shape index (κ1) is 31.1. The molecule has 0 bridgehead atoms. The monoisotopic (exact) mass is 616 g/mol. The molecule has 0 amide bonds. The van der Waals surface area contributed by atoms with Crippen LogP contribution in [-0.2, 0) is 14.8 Å². The summed E-state index contributed by atoms with van der Waals surface area (Å²) in [7, 11) is -3.65. The minimum Gasteiger partial charge on any atom is -0.483 e. The maximum absolute atomic E-state index is 13.9. The van der Waals surface area contributed by atoms with E-state index in [0.29, 0.717) is 34.5 Å². The van der Waals surface area contributed by atoms with Crippen LogP contribution in [0.15, 0.2) is 71.9 Å². The predicted molar refractivity (Wildman–Crippen MR) is 167 cm³/mol. The van der Waals surface area contributed by atoms with Gasteiger partial charge >= 0.3 is 0 Å². The van der Waals surface area contributed by atoms with E-state index < -0.39 is 10.0 Å². The van der Waals surface area contributed by atoms with Crippen molar-refractivity contribution in [2.24, 2.45) is 0 Å². The van der Waals surface area contributed by atoms with Gasteiger partial charge in [0.1, 0.15) is 5.82 Å². The van der Waals surface area contributed by atoms with Gasteiger partial charge in [-0.15, -0.1) is 0 Å². The molecule has 2 aromatic heterocycles. The molecule has 44 heavy (non-hydrogen) atoms. The number of sulfonamides is 1. The van der Waals surface area contributed by atoms with Crippen molar-refractivity contribution >= 4 is 39.0 Å². The number of rotatable bonds is 9. The third-order valence-electron chi connectivity index (χ3n) is 7.98. The van der Waals surface area contributed by atoms with Crippen molar-refractivity contribution in [2.45, 2.75) is 36.6 Å². The van der Waals surface area contributed by atoms with Crippen molar-refractivity contribution in [1.82, 2.24) is 29.1 Å². The van der Waals surface area contributed by atoms with E-state index >= 15 is 0 Å². The van der Waals surface area contributed by atoms with Gasteiger partial charge < -0.3 is 25.2 Å². The van der Waals surface area contributed by atoms with Gasteiger partial charge in [-0.25, -0.2) is 13.4 Å². The Morgan fingerprint density at radius 1 is 1.09 bits per heavy atom. The number of hydrogen-bond donors (Lipinski definition) is 3. The first-order chi connectivity index (χ1) is 21.4. The molecular weight excluding hydrogens is 580 g/mol. The van der Waals surface area contributed by atoms with Crippen molar-refractivity contribution < 1.29 is 18.3 Å². The second-order valence-corrected chi connectivity index (χ2v) is 12.6. The van der Waals surface area contributed by atoms with E-state index in [1.807, 2.05) is 29.0 Å². The first-order valence-electron chi connectivity index (χ1n) is 14.7. The summed E-state index contributed by atoms with van der Waals surface area (Å²) in [5, 5.41) is 23.7. The van der Waals surface area contributed by atoms with Gasteiger partial charge in [0.15, 0.2) is 0 Å². The van der Waals surface area contributed by atoms with Crippen LogP contribution in [0.5, 0.6) is 0 Å². The van der Waals surface area contributed by atoms with Crippen LogP contribution in [-0.4, -0.2) is 89.0 Å². The van der Waals surface area contributed by atoms with E-state index in [1.54, 1.807) is 46.9 Å². The molecule has 2 aliphatic rings. The fourth-order valence-corrected chi connectivity index (χ4v) is 7.43. The molecule has 0 unspecified atom stereocenters. The minimum atomic E-state index is -3.65. The Labute approximate surface area is 257 Å². The second-order valence-electron chi connectivity index (χ2n) is 10.7. The Morgan fingerprint density at radius 3 is 2.52 bits per heavy atom. The number of hydrogen-bond acceptors (Lipinski definition) is 9. The van der Waals surface area contributed by atoms with Crippen LogP contribution >= 0.6 is 0 Å². The molecular formula is C31H36N8O4S. The number of piperidine rings is 1. The predicted octanol–water partition coefficient (Wildman–Crippen LogP) is 3.58. The zero-order valence-corrected chi connectivity index (χ0v) is 25.2. The van der Waals surface area contributed by atoms with Crippen LogP contribution in [0, 0.1) is 11.3 Å². The van der Waals surface area contributed by atoms with Crippen LogP contribution < -0.4 is 10.6 Å². The zero-order valence-electron chi connectivity index (χ0n) is 24.3. The molecule has 2 fully saturated rings. The first-order valence-corrected chi connectivity index (χ1v) is 16.1. The fraction of sp³-hybridized carbons (Fsp3) is 0.355. The molecule has 13 heteroatoms. The van der Waals surface area contributed by atoms with E-state index in [4.69, 9.17) is 9.90 Å². The van der Waals surface area contributed by atoms with Crippen LogP contribution in [0.25, 0.3) is 16.7 Å². The Kier molecular flexibility index (Phi) is 10.2. The lowest BCUT2D eigenvalue weighted by atomic mass is 10.1. The number of nitriles is 1. The SMILES string of the molecule is N#Cc1ccc2ccn(-c3ccnc(Nc4ccc(S(=O)(=O)N(CCN5CCCC5)C5CCNCC5)cc4)n3)c2c1.O=CO. The highest BCUT2D eigenvalue weighted by atomic mass is 32.2. The molecule has 0 aliphatic carbocycles. The van der Waals surface area contributed by atoms with Crippen LogP contribution in [0.3, 0.4) is 0 Å². The number of likely N-dealkylation sites (tertiary alicyclic amines) is 1. The average Bonchev–Trinajstić information content (AvgIpc) is 3.72. The molecule has 6 rings (SSSR count). The van der Waals surface area contributed by atoms with Gasteiger partial charge in [0.25, 0.3) is 6.47 Å². The third kappa shape index (κ3) is 7.23. The highest BCUT2D eigenvalue weighted by molar-refractivity contribution is 7.89. The van der Waals surface area contributed by atoms with Crippen molar-refractivity contribution in [2.75, 3.05) is 44.6 Å². The second kappa shape index (κ2) is 14.4. The van der Waals surface area contributed by atoms with E-state index in [-0.39, 0.29) is 12.5 Å². The summed E-state index contributed by atoms with van der Waals surface area (Å²) in [5.41, 5.74) is 2.15. The van der Waals surface area contributed by atoms with Crippen molar-refractivity contribution in [3.63, 3.8) is 0 Å². The summed E-state index contributed by atoms with van der Waals surface area (Å²) >= 11 is 0. The summed E-state index contributed by atoms with van der Waals surface area (Å²) < 4.78 is 31.4. The number of benzene rings is 2. The number of nitrogens with one attached hydrogen (secondary N) is 2. The Hall–Kier alpha value is -4.35. The average molecular weight is 617 g/mol. The van der Waals surface area contributed by atoms with Crippen molar-refractivity contribution in [1.29, 1.82) is 5.26 Å². The highest BCUT2D eigenvalue weighted by Crippen LogP contribution is 2.26. The number of carbonyl (C=O) groups is 1. The summed E-state index contributed by atoms with van der Waals surface area (Å²) in [6.07, 6.45) is 7.59. The largest absolute Gasteiger partial charge is 0.483 e. The lowest BCUT2D eigenvalue weighted by Crippen LogP contribution is -2.48. The minimum absolute atomic E-state index is 0.00630. The third-order valence-corrected chi connectivity index (χ3v) is 9.94. The van der Waals surface area contributed by atoms with E-state index in [9.17, 15) is 13.7 Å². The number of nitrogens with zero attached hydrogens (tertiary/aromatic N) is 6. The Bertz CT molecular complexity index is 1710. The molecule has 2 saturated heterocycles.